The predicted molar refractivity (Wildman–Crippen MR) is 94.1 cm³/mol. The van der Waals surface area contributed by atoms with E-state index in [1.165, 1.54) is 11.8 Å². The maximum atomic E-state index is 12.1. The number of hydrogen-bond donors (Lipinski definition) is 1. The van der Waals surface area contributed by atoms with E-state index in [1.807, 2.05) is 43.0 Å². The monoisotopic (exact) mass is 383 g/mol. The largest absolute Gasteiger partial charge is 0.352 e. The van der Waals surface area contributed by atoms with Crippen LogP contribution >= 0.6 is 27.7 Å². The molecule has 0 saturated heterocycles. The Hall–Kier alpha value is -1.34. The molecular formula is C15H18BrN3O2S. The lowest BCUT2D eigenvalue weighted by Crippen LogP contribution is -2.27. The van der Waals surface area contributed by atoms with E-state index in [4.69, 9.17) is 0 Å². The highest BCUT2D eigenvalue weighted by Gasteiger charge is 2.32. The Kier molecular flexibility index (Phi) is 6.02. The highest BCUT2D eigenvalue weighted by molar-refractivity contribution is 9.10. The number of hydrogen-bond acceptors (Lipinski definition) is 4. The van der Waals surface area contributed by atoms with Crippen molar-refractivity contribution in [2.45, 2.75) is 25.5 Å². The Morgan fingerprint density at radius 1 is 1.32 bits per heavy atom. The zero-order chi connectivity index (χ0) is 16.1. The molecule has 1 aliphatic rings. The first kappa shape index (κ1) is 17.0. The van der Waals surface area contributed by atoms with E-state index in [2.05, 4.69) is 26.2 Å². The van der Waals surface area contributed by atoms with Gasteiger partial charge in [0.05, 0.1) is 0 Å². The quantitative estimate of drug-likeness (QED) is 0.848. The lowest BCUT2D eigenvalue weighted by Gasteiger charge is -2.19. The van der Waals surface area contributed by atoms with Gasteiger partial charge < -0.3 is 10.2 Å². The smallest absolute Gasteiger partial charge is 0.262 e. The Bertz CT molecular complexity index is 585. The van der Waals surface area contributed by atoms with Gasteiger partial charge >= 0.3 is 0 Å². The molecule has 1 atom stereocenters. The molecule has 5 nitrogen and oxygen atoms in total. The molecule has 2 rings (SSSR count). The number of halogens is 1. The van der Waals surface area contributed by atoms with Gasteiger partial charge in [-0.3, -0.25) is 9.59 Å². The third kappa shape index (κ3) is 4.33. The van der Waals surface area contributed by atoms with Gasteiger partial charge in [0.25, 0.3) is 5.91 Å². The normalized spacial score (nSPS) is 17.3. The van der Waals surface area contributed by atoms with Crippen LogP contribution in [0.2, 0.25) is 0 Å². The van der Waals surface area contributed by atoms with Gasteiger partial charge in [-0.05, 0) is 38.1 Å². The topological polar surface area (TPSA) is 61.8 Å². The number of rotatable bonds is 5. The van der Waals surface area contributed by atoms with E-state index < -0.39 is 5.25 Å². The molecule has 0 aliphatic carbocycles. The summed E-state index contributed by atoms with van der Waals surface area (Å²) < 4.78 is 0.948. The fraction of sp³-hybridized carbons (Fsp3) is 0.400. The molecule has 1 aliphatic heterocycles. The maximum Gasteiger partial charge on any atom is 0.262 e. The van der Waals surface area contributed by atoms with Gasteiger partial charge in [-0.1, -0.05) is 27.7 Å². The van der Waals surface area contributed by atoms with Crippen molar-refractivity contribution in [3.63, 3.8) is 0 Å². The highest BCUT2D eigenvalue weighted by Crippen LogP contribution is 2.27. The number of thioether (sulfide) groups is 1. The van der Waals surface area contributed by atoms with E-state index in [1.54, 1.807) is 0 Å². The van der Waals surface area contributed by atoms with Crippen LogP contribution in [0.5, 0.6) is 0 Å². The van der Waals surface area contributed by atoms with E-state index in [9.17, 15) is 9.59 Å². The molecule has 1 aromatic rings. The van der Waals surface area contributed by atoms with Crippen LogP contribution in [0.4, 0.5) is 5.69 Å². The molecule has 1 aromatic carbocycles. The fourth-order valence-corrected chi connectivity index (χ4v) is 3.51. The second-order valence-corrected chi connectivity index (χ2v) is 6.86. The second-order valence-electron chi connectivity index (χ2n) is 4.77. The summed E-state index contributed by atoms with van der Waals surface area (Å²) in [6, 6.07) is 7.33. The lowest BCUT2D eigenvalue weighted by molar-refractivity contribution is -0.121. The molecule has 0 spiro atoms. The van der Waals surface area contributed by atoms with Crippen molar-refractivity contribution >= 4 is 50.4 Å². The predicted octanol–water partition coefficient (Wildman–Crippen LogP) is 3.12. The zero-order valence-electron chi connectivity index (χ0n) is 12.5. The van der Waals surface area contributed by atoms with Crippen molar-refractivity contribution in [3.8, 4) is 0 Å². The Labute approximate surface area is 142 Å². The van der Waals surface area contributed by atoms with Crippen LogP contribution in [0.3, 0.4) is 0 Å². The first-order valence-electron chi connectivity index (χ1n) is 7.13. The first-order chi connectivity index (χ1) is 10.5. The molecule has 0 unspecified atom stereocenters. The van der Waals surface area contributed by atoms with E-state index in [-0.39, 0.29) is 18.2 Å². The van der Waals surface area contributed by atoms with E-state index in [0.717, 1.165) is 22.7 Å². The van der Waals surface area contributed by atoms with Gasteiger partial charge in [0.15, 0.2) is 5.17 Å². The van der Waals surface area contributed by atoms with Gasteiger partial charge in [0, 0.05) is 29.7 Å². The molecule has 7 heteroatoms. The third-order valence-corrected chi connectivity index (χ3v) is 5.00. The first-order valence-corrected chi connectivity index (χ1v) is 8.80. The van der Waals surface area contributed by atoms with Crippen LogP contribution in [0.15, 0.2) is 33.7 Å². The Balaban J connectivity index is 1.90. The molecule has 0 radical (unpaired) electrons. The number of carbonyl (C=O) groups excluding carboxylic acids is 2. The molecule has 1 N–H and O–H groups in total. The van der Waals surface area contributed by atoms with E-state index >= 15 is 0 Å². The molecule has 0 saturated carbocycles. The molecular weight excluding hydrogens is 366 g/mol. The Morgan fingerprint density at radius 3 is 2.55 bits per heavy atom. The van der Waals surface area contributed by atoms with Gasteiger partial charge in [0.2, 0.25) is 5.91 Å². The molecule has 2 amide bonds. The number of benzene rings is 1. The van der Waals surface area contributed by atoms with Gasteiger partial charge in [0.1, 0.15) is 5.25 Å². The summed E-state index contributed by atoms with van der Waals surface area (Å²) >= 11 is 4.72. The number of anilines is 1. The Morgan fingerprint density at radius 2 is 1.95 bits per heavy atom. The second kappa shape index (κ2) is 7.78. The van der Waals surface area contributed by atoms with Crippen LogP contribution in [0.25, 0.3) is 0 Å². The van der Waals surface area contributed by atoms with Crippen LogP contribution in [0.1, 0.15) is 20.3 Å². The summed E-state index contributed by atoms with van der Waals surface area (Å²) in [6.45, 7) is 5.64. The lowest BCUT2D eigenvalue weighted by atomic mass is 10.2. The minimum Gasteiger partial charge on any atom is -0.352 e. The summed E-state index contributed by atoms with van der Waals surface area (Å²) in [6.07, 6.45) is 0.133. The van der Waals surface area contributed by atoms with Gasteiger partial charge in [-0.25, -0.2) is 0 Å². The van der Waals surface area contributed by atoms with Crippen LogP contribution in [-0.4, -0.2) is 40.2 Å². The van der Waals surface area contributed by atoms with Crippen LogP contribution < -0.4 is 5.32 Å². The molecule has 0 fully saturated rings. The molecule has 0 bridgehead atoms. The van der Waals surface area contributed by atoms with Crippen molar-refractivity contribution in [2.24, 2.45) is 4.99 Å². The van der Waals surface area contributed by atoms with Crippen LogP contribution in [0, 0.1) is 0 Å². The number of aliphatic imine (C=N–C) groups is 1. The van der Waals surface area contributed by atoms with Crippen molar-refractivity contribution in [3.05, 3.63) is 28.7 Å². The fourth-order valence-electron chi connectivity index (χ4n) is 2.05. The number of amidine groups is 1. The minimum absolute atomic E-state index is 0.133. The molecule has 118 valence electrons. The molecule has 1 heterocycles. The maximum absolute atomic E-state index is 12.1. The van der Waals surface area contributed by atoms with E-state index in [0.29, 0.717) is 5.69 Å². The van der Waals surface area contributed by atoms with Crippen LogP contribution in [-0.2, 0) is 9.59 Å². The summed E-state index contributed by atoms with van der Waals surface area (Å²) in [4.78, 5) is 30.1. The summed E-state index contributed by atoms with van der Waals surface area (Å²) in [5.41, 5.74) is 0.716. The van der Waals surface area contributed by atoms with Gasteiger partial charge in [-0.15, -0.1) is 0 Å². The number of carbonyl (C=O) groups is 2. The van der Waals surface area contributed by atoms with Crippen molar-refractivity contribution in [1.29, 1.82) is 0 Å². The average molecular weight is 384 g/mol. The standard InChI is InChI=1S/C15H18BrN3O2S/c1-3-19(4-2)15-18-14(21)12(22-15)9-13(20)17-11-7-5-10(16)6-8-11/h5-8,12H,3-4,9H2,1-2H3,(H,17,20)/t12-/m0/s1. The van der Waals surface area contributed by atoms with Gasteiger partial charge in [-0.2, -0.15) is 4.99 Å². The number of nitrogens with one attached hydrogen (secondary N) is 1. The number of nitrogens with zero attached hydrogens (tertiary/aromatic N) is 2. The average Bonchev–Trinajstić information content (AvgIpc) is 2.84. The zero-order valence-corrected chi connectivity index (χ0v) is 14.9. The van der Waals surface area contributed by atoms with Crippen molar-refractivity contribution < 1.29 is 9.59 Å². The van der Waals surface area contributed by atoms with Crippen molar-refractivity contribution in [2.75, 3.05) is 18.4 Å². The summed E-state index contributed by atoms with van der Waals surface area (Å²) in [7, 11) is 0. The number of amides is 2. The third-order valence-electron chi connectivity index (χ3n) is 3.26. The molecule has 22 heavy (non-hydrogen) atoms. The summed E-state index contributed by atoms with van der Waals surface area (Å²) in [5.74, 6) is -0.401. The summed E-state index contributed by atoms with van der Waals surface area (Å²) in [5, 5.41) is 3.09. The SMILES string of the molecule is CCN(CC)C1=NC(=O)[C@H](CC(=O)Nc2ccc(Br)cc2)S1. The minimum atomic E-state index is -0.425. The highest BCUT2D eigenvalue weighted by atomic mass is 79.9. The molecule has 0 aromatic heterocycles. The van der Waals surface area contributed by atoms with Crippen molar-refractivity contribution in [1.82, 2.24) is 4.90 Å².